The number of aliphatic hydroxyl groups is 2. The number of nitrogens with zero attached hydrogens (tertiary/aromatic N) is 3. The van der Waals surface area contributed by atoms with Crippen LogP contribution in [0.2, 0.25) is 0 Å². The van der Waals surface area contributed by atoms with Gasteiger partial charge in [0.2, 0.25) is 0 Å². The molecule has 0 aliphatic heterocycles. The van der Waals surface area contributed by atoms with Crippen molar-refractivity contribution in [3.05, 3.63) is 53.6 Å². The molecule has 2 aromatic heterocycles. The van der Waals surface area contributed by atoms with E-state index in [1.807, 2.05) is 20.8 Å². The molecule has 3 aromatic rings. The molecule has 2 N–H and O–H groups in total. The van der Waals surface area contributed by atoms with Crippen molar-refractivity contribution >= 4 is 23.1 Å². The van der Waals surface area contributed by atoms with E-state index >= 15 is 0 Å². The fraction of sp³-hybridized carbons (Fsp3) is 0.375. The van der Waals surface area contributed by atoms with E-state index in [4.69, 9.17) is 4.98 Å². The first-order valence-electron chi connectivity index (χ1n) is 10.6. The van der Waals surface area contributed by atoms with Gasteiger partial charge >= 0.3 is 29.6 Å². The number of rotatable bonds is 9. The van der Waals surface area contributed by atoms with E-state index in [-0.39, 0.29) is 47.7 Å². The van der Waals surface area contributed by atoms with E-state index in [1.165, 1.54) is 18.2 Å². The molecule has 0 aliphatic rings. The van der Waals surface area contributed by atoms with Gasteiger partial charge in [-0.1, -0.05) is 38.1 Å². The molecular formula is C24H27FN3NaO4. The van der Waals surface area contributed by atoms with E-state index in [0.717, 1.165) is 33.4 Å². The van der Waals surface area contributed by atoms with Crippen molar-refractivity contribution in [2.24, 2.45) is 0 Å². The summed E-state index contributed by atoms with van der Waals surface area (Å²) in [6, 6.07) is 6.16. The van der Waals surface area contributed by atoms with Crippen LogP contribution in [0.25, 0.3) is 28.2 Å². The van der Waals surface area contributed by atoms with Crippen LogP contribution in [0.1, 0.15) is 50.8 Å². The normalized spacial score (nSPS) is 13.4. The Morgan fingerprint density at radius 2 is 1.91 bits per heavy atom. The topological polar surface area (TPSA) is 111 Å². The van der Waals surface area contributed by atoms with Crippen LogP contribution < -0.4 is 34.7 Å². The van der Waals surface area contributed by atoms with Crippen LogP contribution in [0.15, 0.2) is 36.5 Å². The number of pyridine rings is 1. The molecular weight excluding hydrogens is 436 g/mol. The number of aryl methyl sites for hydroxylation is 1. The summed E-state index contributed by atoms with van der Waals surface area (Å²) in [5.74, 6) is -1.68. The molecule has 0 fully saturated rings. The molecule has 9 heteroatoms. The molecule has 170 valence electrons. The van der Waals surface area contributed by atoms with E-state index in [2.05, 4.69) is 5.10 Å². The number of carboxylic acids is 1. The molecule has 0 amide bonds. The second kappa shape index (κ2) is 11.9. The summed E-state index contributed by atoms with van der Waals surface area (Å²) in [7, 11) is 0. The Morgan fingerprint density at radius 3 is 2.48 bits per heavy atom. The predicted octanol–water partition coefficient (Wildman–Crippen LogP) is -0.350. The molecule has 2 atom stereocenters. The van der Waals surface area contributed by atoms with Crippen LogP contribution in [0.4, 0.5) is 4.39 Å². The molecule has 33 heavy (non-hydrogen) atoms. The first-order valence-corrected chi connectivity index (χ1v) is 10.6. The van der Waals surface area contributed by atoms with Crippen molar-refractivity contribution in [3.8, 4) is 11.1 Å². The van der Waals surface area contributed by atoms with E-state index in [1.54, 1.807) is 29.1 Å². The monoisotopic (exact) mass is 463 g/mol. The van der Waals surface area contributed by atoms with Crippen molar-refractivity contribution in [2.45, 2.75) is 58.3 Å². The predicted molar refractivity (Wildman–Crippen MR) is 118 cm³/mol. The molecule has 0 saturated heterocycles. The van der Waals surface area contributed by atoms with Crippen molar-refractivity contribution < 1.29 is 54.1 Å². The third kappa shape index (κ3) is 6.49. The average molecular weight is 463 g/mol. The third-order valence-electron chi connectivity index (χ3n) is 5.23. The molecule has 2 heterocycles. The number of aromatic nitrogens is 3. The molecule has 0 aliphatic carbocycles. The van der Waals surface area contributed by atoms with Crippen molar-refractivity contribution in [3.63, 3.8) is 0 Å². The Morgan fingerprint density at radius 1 is 1.24 bits per heavy atom. The Bertz CT molecular complexity index is 1130. The van der Waals surface area contributed by atoms with Crippen molar-refractivity contribution in [1.82, 2.24) is 14.8 Å². The van der Waals surface area contributed by atoms with E-state index in [0.29, 0.717) is 6.54 Å². The Hall–Kier alpha value is -2.10. The van der Waals surface area contributed by atoms with Crippen molar-refractivity contribution in [2.75, 3.05) is 0 Å². The Labute approximate surface area is 214 Å². The van der Waals surface area contributed by atoms with Gasteiger partial charge in [-0.2, -0.15) is 5.10 Å². The molecule has 3 rings (SSSR count). The van der Waals surface area contributed by atoms with Gasteiger partial charge in [-0.05, 0) is 30.5 Å². The number of benzene rings is 1. The summed E-state index contributed by atoms with van der Waals surface area (Å²) in [5.41, 5.74) is 3.85. The fourth-order valence-electron chi connectivity index (χ4n) is 3.73. The van der Waals surface area contributed by atoms with Gasteiger partial charge in [0.05, 0.1) is 24.1 Å². The second-order valence-corrected chi connectivity index (χ2v) is 8.04. The third-order valence-corrected chi connectivity index (χ3v) is 5.23. The standard InChI is InChI=1S/C24H28FN3O4.Na/c1-4-28-24-20(13-26-28)22(15-5-7-16(25)8-6-15)19(23(27-24)14(2)3)10-9-17(29)11-18(30)12-21(31)32;/h5-10,13-14,17-18,29-30H,4,11-12H2,1-3H3,(H,31,32);/q;+1/p-1/b10-9+;/t17-,18-;/m1./s1. The van der Waals surface area contributed by atoms with E-state index < -0.39 is 24.6 Å². The SMILES string of the molecule is CCn1ncc2c(-c3ccc(F)cc3)c(/C=C/[C@@H](O)C[C@@H](O)CC(=O)[O-])c(C(C)C)nc21.[Na+]. The maximum atomic E-state index is 13.6. The summed E-state index contributed by atoms with van der Waals surface area (Å²) in [6.45, 7) is 6.63. The first-order chi connectivity index (χ1) is 15.2. The van der Waals surface area contributed by atoms with Gasteiger partial charge in [-0.3, -0.25) is 0 Å². The van der Waals surface area contributed by atoms with Gasteiger partial charge < -0.3 is 20.1 Å². The minimum Gasteiger partial charge on any atom is -0.550 e. The Balaban J connectivity index is 0.00000385. The molecule has 0 unspecified atom stereocenters. The van der Waals surface area contributed by atoms with Crippen LogP contribution in [-0.4, -0.2) is 43.2 Å². The van der Waals surface area contributed by atoms with Gasteiger partial charge in [-0.25, -0.2) is 14.1 Å². The first kappa shape index (κ1) is 27.1. The maximum absolute atomic E-state index is 13.6. The quantitative estimate of drug-likeness (QED) is 0.420. The van der Waals surface area contributed by atoms with Gasteiger partial charge in [0.1, 0.15) is 5.82 Å². The van der Waals surface area contributed by atoms with Crippen molar-refractivity contribution in [1.29, 1.82) is 0 Å². The molecule has 1 aromatic carbocycles. The Kier molecular flexibility index (Phi) is 9.75. The number of carbonyl (C=O) groups excluding carboxylic acids is 1. The fourth-order valence-corrected chi connectivity index (χ4v) is 3.73. The summed E-state index contributed by atoms with van der Waals surface area (Å²) in [4.78, 5) is 15.5. The smallest absolute Gasteiger partial charge is 0.550 e. The summed E-state index contributed by atoms with van der Waals surface area (Å²) < 4.78 is 15.4. The molecule has 0 spiro atoms. The number of hydrogen-bond acceptors (Lipinski definition) is 6. The second-order valence-electron chi connectivity index (χ2n) is 8.04. The summed E-state index contributed by atoms with van der Waals surface area (Å²) in [6.07, 6.45) is 1.98. The minimum atomic E-state index is -1.38. The molecule has 7 nitrogen and oxygen atoms in total. The minimum absolute atomic E-state index is 0. The van der Waals surface area contributed by atoms with E-state index in [9.17, 15) is 24.5 Å². The van der Waals surface area contributed by atoms with Gasteiger partial charge in [0.15, 0.2) is 5.65 Å². The van der Waals surface area contributed by atoms with Gasteiger partial charge in [-0.15, -0.1) is 0 Å². The number of aliphatic hydroxyl groups excluding tert-OH is 2. The van der Waals surface area contributed by atoms with Crippen LogP contribution in [0, 0.1) is 5.82 Å². The molecule has 0 radical (unpaired) electrons. The number of fused-ring (bicyclic) bond motifs is 1. The summed E-state index contributed by atoms with van der Waals surface area (Å²) >= 11 is 0. The zero-order valence-corrected chi connectivity index (χ0v) is 21.3. The largest absolute Gasteiger partial charge is 1.00 e. The molecule has 0 saturated carbocycles. The van der Waals surface area contributed by atoms with Gasteiger partial charge in [0, 0.05) is 41.9 Å². The number of carboxylic acid groups (broad SMARTS) is 1. The number of hydrogen-bond donors (Lipinski definition) is 2. The average Bonchev–Trinajstić information content (AvgIpc) is 3.14. The summed E-state index contributed by atoms with van der Waals surface area (Å²) in [5, 5.41) is 36.0. The van der Waals surface area contributed by atoms with Crippen LogP contribution >= 0.6 is 0 Å². The molecule has 0 bridgehead atoms. The zero-order chi connectivity index (χ0) is 23.4. The van der Waals surface area contributed by atoms with Crippen LogP contribution in [0.5, 0.6) is 0 Å². The van der Waals surface area contributed by atoms with Crippen LogP contribution in [0.3, 0.4) is 0 Å². The van der Waals surface area contributed by atoms with Crippen LogP contribution in [-0.2, 0) is 11.3 Å². The zero-order valence-electron chi connectivity index (χ0n) is 19.3. The number of halogens is 1. The maximum Gasteiger partial charge on any atom is 1.00 e. The van der Waals surface area contributed by atoms with Gasteiger partial charge in [0.25, 0.3) is 0 Å². The number of carbonyl (C=O) groups is 1. The number of aliphatic carboxylic acids is 1.